The highest BCUT2D eigenvalue weighted by molar-refractivity contribution is 5.94. The van der Waals surface area contributed by atoms with Crippen LogP contribution < -0.4 is 10.1 Å². The first-order valence-electron chi connectivity index (χ1n) is 7.38. The molecule has 1 unspecified atom stereocenters. The maximum Gasteiger partial charge on any atom is 0.387 e. The molecule has 1 aromatic carbocycles. The smallest absolute Gasteiger partial charge is 0.387 e. The number of benzene rings is 1. The van der Waals surface area contributed by atoms with Gasteiger partial charge in [-0.1, -0.05) is 12.1 Å². The lowest BCUT2D eigenvalue weighted by Crippen LogP contribution is -2.57. The zero-order valence-electron chi connectivity index (χ0n) is 12.2. The molecule has 1 atom stereocenters. The Morgan fingerprint density at radius 1 is 1.22 bits per heavy atom. The van der Waals surface area contributed by atoms with Crippen molar-refractivity contribution in [3.63, 3.8) is 0 Å². The lowest BCUT2D eigenvalue weighted by molar-refractivity contribution is -0.0498. The predicted octanol–water partition coefficient (Wildman–Crippen LogP) is 2.00. The number of carbonyl (C=O) groups excluding carboxylic acids is 1. The fourth-order valence-corrected chi connectivity index (χ4v) is 3.47. The summed E-state index contributed by atoms with van der Waals surface area (Å²) < 4.78 is 30.9. The number of hydrogen-bond acceptors (Lipinski definition) is 3. The average Bonchev–Trinajstić information content (AvgIpc) is 3.15. The molecule has 0 bridgehead atoms. The Labute approximate surface area is 131 Å². The molecule has 3 heterocycles. The minimum absolute atomic E-state index is 0.0286. The minimum atomic E-state index is -2.85. The van der Waals surface area contributed by atoms with Crippen molar-refractivity contribution >= 4 is 5.91 Å². The molecule has 1 saturated heterocycles. The quantitative estimate of drug-likeness (QED) is 0.941. The summed E-state index contributed by atoms with van der Waals surface area (Å²) in [6, 6.07) is 10.1. The van der Waals surface area contributed by atoms with Gasteiger partial charge in [0.15, 0.2) is 0 Å². The maximum absolute atomic E-state index is 12.7. The van der Waals surface area contributed by atoms with Gasteiger partial charge < -0.3 is 14.2 Å². The van der Waals surface area contributed by atoms with Gasteiger partial charge in [-0.25, -0.2) is 0 Å². The number of alkyl halides is 2. The molecule has 5 nitrogen and oxygen atoms in total. The molecule has 23 heavy (non-hydrogen) atoms. The van der Waals surface area contributed by atoms with E-state index >= 15 is 0 Å². The summed E-state index contributed by atoms with van der Waals surface area (Å²) in [5, 5.41) is 3.40. The van der Waals surface area contributed by atoms with E-state index in [1.807, 2.05) is 27.8 Å². The molecule has 1 fully saturated rings. The summed E-state index contributed by atoms with van der Waals surface area (Å²) >= 11 is 0. The number of nitrogens with zero attached hydrogens (tertiary/aromatic N) is 2. The van der Waals surface area contributed by atoms with Crippen molar-refractivity contribution in [2.75, 3.05) is 13.1 Å². The van der Waals surface area contributed by atoms with Gasteiger partial charge in [-0.3, -0.25) is 10.1 Å². The first-order chi connectivity index (χ1) is 11.1. The number of fused-ring (bicyclic) bond motifs is 2. The van der Waals surface area contributed by atoms with Crippen LogP contribution in [0.4, 0.5) is 8.78 Å². The number of carbonyl (C=O) groups is 1. The van der Waals surface area contributed by atoms with E-state index in [1.54, 1.807) is 12.1 Å². The Balaban J connectivity index is 1.73. The zero-order valence-corrected chi connectivity index (χ0v) is 12.2. The van der Waals surface area contributed by atoms with E-state index in [0.29, 0.717) is 25.3 Å². The molecule has 0 aliphatic carbocycles. The lowest BCUT2D eigenvalue weighted by atomic mass is 9.96. The molecule has 0 radical (unpaired) electrons. The summed E-state index contributed by atoms with van der Waals surface area (Å²) in [6.45, 7) is -0.972. The number of aromatic nitrogens is 1. The Kier molecular flexibility index (Phi) is 3.12. The van der Waals surface area contributed by atoms with Crippen LogP contribution >= 0.6 is 0 Å². The highest BCUT2D eigenvalue weighted by Crippen LogP contribution is 2.37. The van der Waals surface area contributed by atoms with Crippen LogP contribution in [0.3, 0.4) is 0 Å². The molecule has 120 valence electrons. The van der Waals surface area contributed by atoms with Crippen molar-refractivity contribution in [3.05, 3.63) is 53.9 Å². The van der Waals surface area contributed by atoms with Crippen LogP contribution in [-0.2, 0) is 12.2 Å². The van der Waals surface area contributed by atoms with E-state index in [2.05, 4.69) is 10.1 Å². The topological polar surface area (TPSA) is 46.5 Å². The molecule has 2 aliphatic heterocycles. The van der Waals surface area contributed by atoms with Crippen molar-refractivity contribution < 1.29 is 18.3 Å². The van der Waals surface area contributed by atoms with Gasteiger partial charge in [-0.2, -0.15) is 8.78 Å². The Hall–Kier alpha value is -2.41. The van der Waals surface area contributed by atoms with E-state index in [4.69, 9.17) is 0 Å². The number of ether oxygens (including phenoxy) is 1. The molecule has 2 aromatic rings. The second-order valence-corrected chi connectivity index (χ2v) is 5.67. The molecule has 1 amide bonds. The van der Waals surface area contributed by atoms with Crippen molar-refractivity contribution in [2.24, 2.45) is 0 Å². The van der Waals surface area contributed by atoms with Crippen LogP contribution in [0.2, 0.25) is 0 Å². The third-order valence-electron chi connectivity index (χ3n) is 4.46. The number of halogens is 2. The SMILES string of the molecule is O=C1c2cccn2CC2(c3ccc(OC(F)F)cc3)NCCN12. The van der Waals surface area contributed by atoms with Gasteiger partial charge in [0, 0.05) is 19.3 Å². The highest BCUT2D eigenvalue weighted by atomic mass is 19.3. The number of nitrogens with one attached hydrogen (secondary N) is 1. The second kappa shape index (κ2) is 5.06. The molecule has 7 heteroatoms. The molecule has 0 spiro atoms. The fraction of sp³-hybridized carbons (Fsp3) is 0.312. The van der Waals surface area contributed by atoms with Crippen LogP contribution in [0.15, 0.2) is 42.6 Å². The zero-order chi connectivity index (χ0) is 16.0. The van der Waals surface area contributed by atoms with Gasteiger partial charge in [-0.05, 0) is 29.8 Å². The maximum atomic E-state index is 12.7. The van der Waals surface area contributed by atoms with Crippen LogP contribution in [0.1, 0.15) is 16.1 Å². The van der Waals surface area contributed by atoms with E-state index < -0.39 is 12.3 Å². The summed E-state index contributed by atoms with van der Waals surface area (Å²) in [5.41, 5.74) is 0.873. The van der Waals surface area contributed by atoms with Gasteiger partial charge in [0.2, 0.25) is 0 Å². The van der Waals surface area contributed by atoms with Gasteiger partial charge in [0.1, 0.15) is 17.1 Å². The standard InChI is InChI=1S/C16H15F2N3O2/c17-15(18)23-12-5-3-11(4-6-12)16-10-20-8-1-2-13(20)14(22)21(16)9-7-19-16/h1-6,8,15,19H,7,9-10H2. The lowest BCUT2D eigenvalue weighted by Gasteiger charge is -2.43. The van der Waals surface area contributed by atoms with Gasteiger partial charge in [0.25, 0.3) is 5.91 Å². The molecule has 2 aliphatic rings. The molecular weight excluding hydrogens is 304 g/mol. The summed E-state index contributed by atoms with van der Waals surface area (Å²) in [4.78, 5) is 14.5. The summed E-state index contributed by atoms with van der Waals surface area (Å²) in [5.74, 6) is 0.0765. The largest absolute Gasteiger partial charge is 0.435 e. The third kappa shape index (κ3) is 2.11. The van der Waals surface area contributed by atoms with Crippen LogP contribution in [0.5, 0.6) is 5.75 Å². The van der Waals surface area contributed by atoms with E-state index in [0.717, 1.165) is 5.56 Å². The van der Waals surface area contributed by atoms with Gasteiger partial charge >= 0.3 is 6.61 Å². The van der Waals surface area contributed by atoms with Crippen LogP contribution in [0, 0.1) is 0 Å². The van der Waals surface area contributed by atoms with Crippen molar-refractivity contribution in [3.8, 4) is 5.75 Å². The molecule has 1 aromatic heterocycles. The van der Waals surface area contributed by atoms with Crippen molar-refractivity contribution in [2.45, 2.75) is 18.8 Å². The Morgan fingerprint density at radius 2 is 2.00 bits per heavy atom. The first-order valence-corrected chi connectivity index (χ1v) is 7.38. The monoisotopic (exact) mass is 319 g/mol. The van der Waals surface area contributed by atoms with Crippen molar-refractivity contribution in [1.82, 2.24) is 14.8 Å². The van der Waals surface area contributed by atoms with Gasteiger partial charge in [0.05, 0.1) is 6.54 Å². The number of amides is 1. The highest BCUT2D eigenvalue weighted by Gasteiger charge is 2.49. The minimum Gasteiger partial charge on any atom is -0.435 e. The normalized spacial score (nSPS) is 23.1. The second-order valence-electron chi connectivity index (χ2n) is 5.67. The first kappa shape index (κ1) is 14.2. The van der Waals surface area contributed by atoms with Crippen LogP contribution in [-0.4, -0.2) is 35.1 Å². The summed E-state index contributed by atoms with van der Waals surface area (Å²) in [6.07, 6.45) is 1.88. The number of hydrogen-bond donors (Lipinski definition) is 1. The number of rotatable bonds is 3. The van der Waals surface area contributed by atoms with E-state index in [1.165, 1.54) is 12.1 Å². The van der Waals surface area contributed by atoms with E-state index in [9.17, 15) is 13.6 Å². The Bertz CT molecular complexity index is 744. The molecule has 4 rings (SSSR count). The molecule has 1 N–H and O–H groups in total. The molecule has 0 saturated carbocycles. The van der Waals surface area contributed by atoms with E-state index in [-0.39, 0.29) is 11.7 Å². The van der Waals surface area contributed by atoms with Gasteiger partial charge in [-0.15, -0.1) is 0 Å². The third-order valence-corrected chi connectivity index (χ3v) is 4.46. The predicted molar refractivity (Wildman–Crippen MR) is 78.2 cm³/mol. The van der Waals surface area contributed by atoms with Crippen LogP contribution in [0.25, 0.3) is 0 Å². The Morgan fingerprint density at radius 3 is 2.74 bits per heavy atom. The summed E-state index contributed by atoms with van der Waals surface area (Å²) in [7, 11) is 0. The van der Waals surface area contributed by atoms with Crippen molar-refractivity contribution in [1.29, 1.82) is 0 Å². The average molecular weight is 319 g/mol. The fourth-order valence-electron chi connectivity index (χ4n) is 3.47. The molecular formula is C16H15F2N3O2.